The zero-order valence-electron chi connectivity index (χ0n) is 12.5. The number of esters is 1. The lowest BCUT2D eigenvalue weighted by molar-refractivity contribution is -0.140. The van der Waals surface area contributed by atoms with Gasteiger partial charge in [-0.2, -0.15) is 0 Å². The summed E-state index contributed by atoms with van der Waals surface area (Å²) in [6.45, 7) is 0.357. The van der Waals surface area contributed by atoms with Gasteiger partial charge in [0.25, 0.3) is 0 Å². The van der Waals surface area contributed by atoms with Gasteiger partial charge >= 0.3 is 5.97 Å². The van der Waals surface area contributed by atoms with Crippen LogP contribution in [-0.4, -0.2) is 24.9 Å². The fourth-order valence-corrected chi connectivity index (χ4v) is 2.16. The van der Waals surface area contributed by atoms with Gasteiger partial charge in [0.15, 0.2) is 11.8 Å². The Hall–Kier alpha value is -2.37. The minimum absolute atomic E-state index is 0.222. The highest BCUT2D eigenvalue weighted by Crippen LogP contribution is 2.26. The number of methoxy groups -OCH3 is 1. The molecule has 2 aromatic carbocycles. The number of hydrogen-bond acceptors (Lipinski definition) is 5. The molecule has 0 aliphatic heterocycles. The molecule has 0 aliphatic rings. The van der Waals surface area contributed by atoms with Crippen molar-refractivity contribution in [1.29, 1.82) is 0 Å². The summed E-state index contributed by atoms with van der Waals surface area (Å²) >= 11 is 6.12. The van der Waals surface area contributed by atoms with E-state index in [0.717, 1.165) is 5.56 Å². The number of rotatable bonds is 6. The minimum Gasteiger partial charge on any atom is -0.487 e. The molecular weight excluding hydrogens is 318 g/mol. The van der Waals surface area contributed by atoms with Crippen molar-refractivity contribution in [3.8, 4) is 5.75 Å². The van der Waals surface area contributed by atoms with Crippen LogP contribution >= 0.6 is 11.6 Å². The summed E-state index contributed by atoms with van der Waals surface area (Å²) < 4.78 is 10.1. The molecule has 0 saturated carbocycles. The van der Waals surface area contributed by atoms with Crippen molar-refractivity contribution in [2.45, 2.75) is 12.6 Å². The van der Waals surface area contributed by atoms with Crippen LogP contribution in [0.1, 0.15) is 15.9 Å². The molecule has 1 unspecified atom stereocenters. The molecule has 6 heteroatoms. The van der Waals surface area contributed by atoms with E-state index in [1.807, 2.05) is 30.3 Å². The summed E-state index contributed by atoms with van der Waals surface area (Å²) in [7, 11) is 1.17. The van der Waals surface area contributed by atoms with Crippen molar-refractivity contribution in [1.82, 2.24) is 0 Å². The molecule has 1 atom stereocenters. The van der Waals surface area contributed by atoms with Crippen LogP contribution in [-0.2, 0) is 16.1 Å². The Morgan fingerprint density at radius 2 is 1.87 bits per heavy atom. The van der Waals surface area contributed by atoms with Crippen LogP contribution in [0.2, 0.25) is 5.02 Å². The number of Topliss-reactive ketones (excluding diaryl/α,β-unsaturated/α-hetero) is 1. The lowest BCUT2D eigenvalue weighted by Gasteiger charge is -2.11. The van der Waals surface area contributed by atoms with Crippen LogP contribution < -0.4 is 10.5 Å². The van der Waals surface area contributed by atoms with Gasteiger partial charge in [0.1, 0.15) is 12.4 Å². The van der Waals surface area contributed by atoms with Crippen LogP contribution in [0.5, 0.6) is 5.75 Å². The predicted octanol–water partition coefficient (Wildman–Crippen LogP) is 2.60. The molecule has 0 spiro atoms. The van der Waals surface area contributed by atoms with Gasteiger partial charge in [-0.15, -0.1) is 0 Å². The Labute approximate surface area is 139 Å². The van der Waals surface area contributed by atoms with Crippen LogP contribution in [0.25, 0.3) is 0 Å². The Morgan fingerprint density at radius 1 is 1.17 bits per heavy atom. The van der Waals surface area contributed by atoms with E-state index in [-0.39, 0.29) is 10.6 Å². The molecule has 0 heterocycles. The summed E-state index contributed by atoms with van der Waals surface area (Å²) in [5.41, 5.74) is 6.75. The van der Waals surface area contributed by atoms with E-state index in [1.165, 1.54) is 19.2 Å². The first-order valence-corrected chi connectivity index (χ1v) is 7.24. The van der Waals surface area contributed by atoms with E-state index >= 15 is 0 Å². The first-order chi connectivity index (χ1) is 11.0. The molecule has 2 rings (SSSR count). The van der Waals surface area contributed by atoms with E-state index in [1.54, 1.807) is 6.07 Å². The van der Waals surface area contributed by atoms with Gasteiger partial charge in [0, 0.05) is 5.56 Å². The van der Waals surface area contributed by atoms with Crippen molar-refractivity contribution in [2.75, 3.05) is 7.11 Å². The molecule has 0 bridgehead atoms. The highest BCUT2D eigenvalue weighted by atomic mass is 35.5. The number of ketones is 1. The topological polar surface area (TPSA) is 78.6 Å². The molecule has 0 saturated heterocycles. The number of carbonyl (C=O) groups excluding carboxylic acids is 2. The number of nitrogens with two attached hydrogens (primary N) is 1. The molecule has 0 radical (unpaired) electrons. The van der Waals surface area contributed by atoms with Gasteiger partial charge in [-0.05, 0) is 23.8 Å². The van der Waals surface area contributed by atoms with Crippen molar-refractivity contribution < 1.29 is 19.1 Å². The van der Waals surface area contributed by atoms with Gasteiger partial charge in [0.05, 0.1) is 12.1 Å². The highest BCUT2D eigenvalue weighted by molar-refractivity contribution is 6.32. The van der Waals surface area contributed by atoms with Gasteiger partial charge in [-0.25, -0.2) is 4.79 Å². The fourth-order valence-electron chi connectivity index (χ4n) is 1.92. The van der Waals surface area contributed by atoms with Crippen LogP contribution in [0.15, 0.2) is 48.5 Å². The highest BCUT2D eigenvalue weighted by Gasteiger charge is 2.24. The second kappa shape index (κ2) is 7.76. The first kappa shape index (κ1) is 17.0. The predicted molar refractivity (Wildman–Crippen MR) is 86.5 cm³/mol. The van der Waals surface area contributed by atoms with Gasteiger partial charge in [0.2, 0.25) is 0 Å². The average molecular weight is 334 g/mol. The quantitative estimate of drug-likeness (QED) is 0.499. The van der Waals surface area contributed by atoms with E-state index in [4.69, 9.17) is 22.1 Å². The molecule has 2 aromatic rings. The molecule has 23 heavy (non-hydrogen) atoms. The molecule has 0 aliphatic carbocycles. The summed E-state index contributed by atoms with van der Waals surface area (Å²) in [4.78, 5) is 23.4. The number of hydrogen-bond donors (Lipinski definition) is 1. The van der Waals surface area contributed by atoms with Crippen LogP contribution in [0.4, 0.5) is 0 Å². The van der Waals surface area contributed by atoms with Crippen molar-refractivity contribution in [3.05, 3.63) is 64.7 Å². The average Bonchev–Trinajstić information content (AvgIpc) is 2.59. The normalized spacial score (nSPS) is 11.6. The summed E-state index contributed by atoms with van der Waals surface area (Å²) in [5.74, 6) is -0.914. The van der Waals surface area contributed by atoms with E-state index in [0.29, 0.717) is 12.4 Å². The molecule has 120 valence electrons. The van der Waals surface area contributed by atoms with Crippen LogP contribution in [0, 0.1) is 0 Å². The van der Waals surface area contributed by atoms with E-state index in [2.05, 4.69) is 4.74 Å². The van der Waals surface area contributed by atoms with E-state index < -0.39 is 17.8 Å². The Bertz CT molecular complexity index is 703. The molecule has 0 amide bonds. The lowest BCUT2D eigenvalue weighted by Crippen LogP contribution is -2.39. The third kappa shape index (κ3) is 4.31. The third-order valence-corrected chi connectivity index (χ3v) is 3.49. The smallest absolute Gasteiger partial charge is 0.330 e. The standard InChI is InChI=1S/C17H16ClNO4/c1-22-17(21)15(19)16(20)12-7-8-14(13(18)9-12)23-10-11-5-3-2-4-6-11/h2-9,15H,10,19H2,1H3. The third-order valence-electron chi connectivity index (χ3n) is 3.19. The van der Waals surface area contributed by atoms with Gasteiger partial charge in [-0.1, -0.05) is 41.9 Å². The fraction of sp³-hybridized carbons (Fsp3) is 0.176. The molecule has 5 nitrogen and oxygen atoms in total. The number of carbonyl (C=O) groups is 2. The largest absolute Gasteiger partial charge is 0.487 e. The second-order valence-electron chi connectivity index (χ2n) is 4.78. The monoisotopic (exact) mass is 333 g/mol. The zero-order valence-corrected chi connectivity index (χ0v) is 13.2. The molecule has 0 fully saturated rings. The summed E-state index contributed by atoms with van der Waals surface area (Å²) in [6.07, 6.45) is 0. The zero-order chi connectivity index (χ0) is 16.8. The minimum atomic E-state index is -1.37. The van der Waals surface area contributed by atoms with Crippen molar-refractivity contribution in [3.63, 3.8) is 0 Å². The Morgan fingerprint density at radius 3 is 2.48 bits per heavy atom. The maximum Gasteiger partial charge on any atom is 0.330 e. The molecule has 0 aromatic heterocycles. The number of ether oxygens (including phenoxy) is 2. The summed E-state index contributed by atoms with van der Waals surface area (Å²) in [5, 5.41) is 0.267. The molecule has 2 N–H and O–H groups in total. The Balaban J connectivity index is 2.08. The maximum absolute atomic E-state index is 12.1. The number of halogens is 1. The number of benzene rings is 2. The van der Waals surface area contributed by atoms with Gasteiger partial charge in [-0.3, -0.25) is 4.79 Å². The second-order valence-corrected chi connectivity index (χ2v) is 5.19. The van der Waals surface area contributed by atoms with Crippen LogP contribution in [0.3, 0.4) is 0 Å². The van der Waals surface area contributed by atoms with Crippen molar-refractivity contribution in [2.24, 2.45) is 5.73 Å². The van der Waals surface area contributed by atoms with E-state index in [9.17, 15) is 9.59 Å². The lowest BCUT2D eigenvalue weighted by atomic mass is 10.0. The van der Waals surface area contributed by atoms with Crippen molar-refractivity contribution >= 4 is 23.4 Å². The SMILES string of the molecule is COC(=O)C(N)C(=O)c1ccc(OCc2ccccc2)c(Cl)c1. The first-order valence-electron chi connectivity index (χ1n) is 6.87. The van der Waals surface area contributed by atoms with Gasteiger partial charge < -0.3 is 15.2 Å². The Kier molecular flexibility index (Phi) is 5.73. The maximum atomic E-state index is 12.1. The summed E-state index contributed by atoms with van der Waals surface area (Å²) in [6, 6.07) is 12.7. The molecular formula is C17H16ClNO4.